The average molecular weight is 390 g/mol. The standard InChI is InChI=1S/C28H22O2/c1-20(29)23-12-15-25(16-13-23)28(30)26-17-14-24-11-10-22(18-27(24)19-26)9-5-8-21-6-3-2-4-7-21/h2-4,6-7,10-19,28,30H,8H2,1H3. The van der Waals surface area contributed by atoms with E-state index in [0.717, 1.165) is 27.5 Å². The van der Waals surface area contributed by atoms with Gasteiger partial charge in [0.25, 0.3) is 0 Å². The van der Waals surface area contributed by atoms with Crippen molar-refractivity contribution in [2.45, 2.75) is 19.4 Å². The van der Waals surface area contributed by atoms with Crippen LogP contribution in [-0.2, 0) is 6.42 Å². The third-order valence-corrected chi connectivity index (χ3v) is 5.18. The second-order valence-electron chi connectivity index (χ2n) is 7.37. The van der Waals surface area contributed by atoms with E-state index < -0.39 is 6.10 Å². The van der Waals surface area contributed by atoms with Crippen molar-refractivity contribution in [1.82, 2.24) is 0 Å². The van der Waals surface area contributed by atoms with Crippen LogP contribution in [0.5, 0.6) is 0 Å². The molecule has 0 saturated heterocycles. The van der Waals surface area contributed by atoms with Crippen LogP contribution < -0.4 is 0 Å². The highest BCUT2D eigenvalue weighted by Gasteiger charge is 2.12. The van der Waals surface area contributed by atoms with E-state index in [2.05, 4.69) is 36.1 Å². The molecular weight excluding hydrogens is 368 g/mol. The van der Waals surface area contributed by atoms with E-state index in [1.165, 1.54) is 12.5 Å². The van der Waals surface area contributed by atoms with Crippen LogP contribution >= 0.6 is 0 Å². The molecule has 0 aromatic heterocycles. The molecule has 0 radical (unpaired) electrons. The van der Waals surface area contributed by atoms with E-state index in [1.54, 1.807) is 24.3 Å². The molecule has 0 spiro atoms. The predicted octanol–water partition coefficient (Wildman–Crippen LogP) is 5.72. The molecule has 0 fully saturated rings. The largest absolute Gasteiger partial charge is 0.384 e. The number of fused-ring (bicyclic) bond motifs is 1. The number of ketones is 1. The monoisotopic (exact) mass is 390 g/mol. The molecule has 0 amide bonds. The number of carbonyl (C=O) groups excluding carboxylic acids is 1. The van der Waals surface area contributed by atoms with Crippen molar-refractivity contribution in [1.29, 1.82) is 0 Å². The molecule has 0 heterocycles. The Labute approximate surface area is 176 Å². The number of hydrogen-bond acceptors (Lipinski definition) is 2. The van der Waals surface area contributed by atoms with E-state index in [0.29, 0.717) is 12.0 Å². The van der Waals surface area contributed by atoms with Crippen molar-refractivity contribution in [3.8, 4) is 11.8 Å². The number of rotatable bonds is 4. The third kappa shape index (κ3) is 4.49. The number of Topliss-reactive ketones (excluding diaryl/α,β-unsaturated/α-hetero) is 1. The van der Waals surface area contributed by atoms with Crippen LogP contribution in [0.4, 0.5) is 0 Å². The van der Waals surface area contributed by atoms with Gasteiger partial charge < -0.3 is 5.11 Å². The molecule has 0 aliphatic carbocycles. The molecule has 30 heavy (non-hydrogen) atoms. The summed E-state index contributed by atoms with van der Waals surface area (Å²) in [7, 11) is 0. The van der Waals surface area contributed by atoms with Crippen molar-refractivity contribution in [3.63, 3.8) is 0 Å². The van der Waals surface area contributed by atoms with Gasteiger partial charge in [0.05, 0.1) is 0 Å². The summed E-state index contributed by atoms with van der Waals surface area (Å²) in [4.78, 5) is 11.5. The smallest absolute Gasteiger partial charge is 0.159 e. The Balaban J connectivity index is 1.57. The van der Waals surface area contributed by atoms with Crippen LogP contribution in [0.2, 0.25) is 0 Å². The minimum atomic E-state index is -0.747. The summed E-state index contributed by atoms with van der Waals surface area (Å²) in [5.41, 5.74) is 4.37. The Hall–Kier alpha value is -3.67. The van der Waals surface area contributed by atoms with Crippen molar-refractivity contribution < 1.29 is 9.90 Å². The number of aliphatic hydroxyl groups is 1. The molecule has 1 unspecified atom stereocenters. The van der Waals surface area contributed by atoms with Gasteiger partial charge in [0.1, 0.15) is 6.10 Å². The van der Waals surface area contributed by atoms with E-state index in [-0.39, 0.29) is 5.78 Å². The summed E-state index contributed by atoms with van der Waals surface area (Å²) < 4.78 is 0. The lowest BCUT2D eigenvalue weighted by Crippen LogP contribution is -2.01. The fraction of sp³-hybridized carbons (Fsp3) is 0.107. The maximum atomic E-state index is 11.5. The minimum Gasteiger partial charge on any atom is -0.384 e. The molecule has 0 aliphatic rings. The number of aliphatic hydroxyl groups excluding tert-OH is 1. The highest BCUT2D eigenvalue weighted by molar-refractivity contribution is 5.94. The van der Waals surface area contributed by atoms with Gasteiger partial charge in [-0.15, -0.1) is 0 Å². The topological polar surface area (TPSA) is 37.3 Å². The molecule has 4 rings (SSSR count). The third-order valence-electron chi connectivity index (χ3n) is 5.18. The summed E-state index contributed by atoms with van der Waals surface area (Å²) >= 11 is 0. The maximum absolute atomic E-state index is 11.5. The quantitative estimate of drug-likeness (QED) is 0.357. The van der Waals surface area contributed by atoms with Gasteiger partial charge >= 0.3 is 0 Å². The molecule has 1 atom stereocenters. The fourth-order valence-corrected chi connectivity index (χ4v) is 3.45. The number of carbonyl (C=O) groups is 1. The van der Waals surface area contributed by atoms with E-state index in [9.17, 15) is 9.90 Å². The first kappa shape index (κ1) is 19.6. The molecule has 4 aromatic rings. The van der Waals surface area contributed by atoms with Crippen LogP contribution in [0.15, 0.2) is 91.0 Å². The van der Waals surface area contributed by atoms with E-state index >= 15 is 0 Å². The average Bonchev–Trinajstić information content (AvgIpc) is 2.79. The SMILES string of the molecule is CC(=O)c1ccc(C(O)c2ccc3ccc(C#CCc4ccccc4)cc3c2)cc1. The zero-order valence-corrected chi connectivity index (χ0v) is 16.8. The molecule has 2 heteroatoms. The maximum Gasteiger partial charge on any atom is 0.159 e. The van der Waals surface area contributed by atoms with Gasteiger partial charge in [0.2, 0.25) is 0 Å². The van der Waals surface area contributed by atoms with Gasteiger partial charge in [-0.1, -0.05) is 84.6 Å². The Morgan fingerprint density at radius 2 is 1.53 bits per heavy atom. The zero-order chi connectivity index (χ0) is 20.9. The zero-order valence-electron chi connectivity index (χ0n) is 16.8. The lowest BCUT2D eigenvalue weighted by molar-refractivity contribution is 0.101. The summed E-state index contributed by atoms with van der Waals surface area (Å²) in [6.07, 6.45) is -0.0309. The molecule has 0 saturated carbocycles. The van der Waals surface area contributed by atoms with Gasteiger partial charge in [0.15, 0.2) is 5.78 Å². The molecule has 0 aliphatic heterocycles. The Morgan fingerprint density at radius 3 is 2.27 bits per heavy atom. The number of benzene rings is 4. The molecule has 4 aromatic carbocycles. The second-order valence-corrected chi connectivity index (χ2v) is 7.37. The Bertz CT molecular complexity index is 1240. The van der Waals surface area contributed by atoms with Crippen molar-refractivity contribution in [3.05, 3.63) is 119 Å². The predicted molar refractivity (Wildman–Crippen MR) is 121 cm³/mol. The van der Waals surface area contributed by atoms with E-state index in [4.69, 9.17) is 0 Å². The first-order valence-electron chi connectivity index (χ1n) is 9.95. The summed E-state index contributed by atoms with van der Waals surface area (Å²) in [6, 6.07) is 29.4. The molecule has 2 nitrogen and oxygen atoms in total. The van der Waals surface area contributed by atoms with Gasteiger partial charge in [0, 0.05) is 17.5 Å². The summed E-state index contributed by atoms with van der Waals surface area (Å²) in [6.45, 7) is 1.54. The van der Waals surface area contributed by atoms with Crippen molar-refractivity contribution in [2.75, 3.05) is 0 Å². The highest BCUT2D eigenvalue weighted by atomic mass is 16.3. The Morgan fingerprint density at radius 1 is 0.833 bits per heavy atom. The highest BCUT2D eigenvalue weighted by Crippen LogP contribution is 2.26. The lowest BCUT2D eigenvalue weighted by atomic mass is 9.96. The number of hydrogen-bond donors (Lipinski definition) is 1. The van der Waals surface area contributed by atoms with Crippen molar-refractivity contribution >= 4 is 16.6 Å². The normalized spacial score (nSPS) is 11.5. The van der Waals surface area contributed by atoms with E-state index in [1.807, 2.05) is 42.5 Å². The lowest BCUT2D eigenvalue weighted by Gasteiger charge is -2.13. The summed E-state index contributed by atoms with van der Waals surface area (Å²) in [5.74, 6) is 6.49. The molecule has 1 N–H and O–H groups in total. The van der Waals surface area contributed by atoms with Crippen LogP contribution in [0.25, 0.3) is 10.8 Å². The van der Waals surface area contributed by atoms with Gasteiger partial charge in [-0.05, 0) is 52.6 Å². The van der Waals surface area contributed by atoms with Crippen molar-refractivity contribution in [2.24, 2.45) is 0 Å². The van der Waals surface area contributed by atoms with Crippen LogP contribution in [0.3, 0.4) is 0 Å². The van der Waals surface area contributed by atoms with Gasteiger partial charge in [-0.2, -0.15) is 0 Å². The Kier molecular flexibility index (Phi) is 5.75. The minimum absolute atomic E-state index is 0.0163. The van der Waals surface area contributed by atoms with Gasteiger partial charge in [-0.3, -0.25) is 4.79 Å². The molecule has 146 valence electrons. The fourth-order valence-electron chi connectivity index (χ4n) is 3.45. The second kappa shape index (κ2) is 8.78. The summed E-state index contributed by atoms with van der Waals surface area (Å²) in [5, 5.41) is 12.9. The first-order chi connectivity index (χ1) is 14.6. The molecular formula is C28H22O2. The van der Waals surface area contributed by atoms with Crippen LogP contribution in [0, 0.1) is 11.8 Å². The van der Waals surface area contributed by atoms with Gasteiger partial charge in [-0.25, -0.2) is 0 Å². The van der Waals surface area contributed by atoms with Crippen LogP contribution in [-0.4, -0.2) is 10.9 Å². The first-order valence-corrected chi connectivity index (χ1v) is 9.95. The molecule has 0 bridgehead atoms. The van der Waals surface area contributed by atoms with Crippen LogP contribution in [0.1, 0.15) is 45.6 Å².